The van der Waals surface area contributed by atoms with Crippen LogP contribution in [0.4, 0.5) is 13.2 Å². The summed E-state index contributed by atoms with van der Waals surface area (Å²) in [4.78, 5) is 2.01. The van der Waals surface area contributed by atoms with Gasteiger partial charge in [0.05, 0.1) is 6.61 Å². The fraction of sp³-hybridized carbons (Fsp3) is 0.300. The average Bonchev–Trinajstić information content (AvgIpc) is 2.60. The summed E-state index contributed by atoms with van der Waals surface area (Å²) in [6, 6.07) is 11.6. The molecule has 0 spiro atoms. The van der Waals surface area contributed by atoms with Crippen molar-refractivity contribution < 1.29 is 27.8 Å². The van der Waals surface area contributed by atoms with Gasteiger partial charge in [-0.15, -0.1) is 13.2 Å². The van der Waals surface area contributed by atoms with Crippen molar-refractivity contribution >= 4 is 5.57 Å². The van der Waals surface area contributed by atoms with Gasteiger partial charge in [0.1, 0.15) is 11.5 Å². The standard InChI is InChI=1S/C20H20F3NO3/c1-24-12-15-11-17(26-10-2-9-25)7-8-18(15)19(13-24)14-3-5-16(6-4-14)27-20(21,22)23/h3-8,11,13,25H,2,9-10,12H2,1H3. The highest BCUT2D eigenvalue weighted by Crippen LogP contribution is 2.34. The van der Waals surface area contributed by atoms with E-state index < -0.39 is 6.36 Å². The van der Waals surface area contributed by atoms with E-state index >= 15 is 0 Å². The van der Waals surface area contributed by atoms with E-state index in [4.69, 9.17) is 9.84 Å². The number of aliphatic hydroxyl groups excluding tert-OH is 1. The highest BCUT2D eigenvalue weighted by atomic mass is 19.4. The summed E-state index contributed by atoms with van der Waals surface area (Å²) in [5.41, 5.74) is 3.78. The molecule has 7 heteroatoms. The second-order valence-corrected chi connectivity index (χ2v) is 6.27. The summed E-state index contributed by atoms with van der Waals surface area (Å²) in [5.74, 6) is 0.481. The lowest BCUT2D eigenvalue weighted by atomic mass is 9.91. The van der Waals surface area contributed by atoms with Gasteiger partial charge < -0.3 is 19.5 Å². The Hall–Kier alpha value is -2.67. The Morgan fingerprint density at radius 3 is 2.44 bits per heavy atom. The summed E-state index contributed by atoms with van der Waals surface area (Å²) in [6.07, 6.45) is -2.17. The number of ether oxygens (including phenoxy) is 2. The number of nitrogens with zero attached hydrogens (tertiary/aromatic N) is 1. The maximum Gasteiger partial charge on any atom is 0.573 e. The van der Waals surface area contributed by atoms with Crippen LogP contribution >= 0.6 is 0 Å². The summed E-state index contributed by atoms with van der Waals surface area (Å²) >= 11 is 0. The van der Waals surface area contributed by atoms with Gasteiger partial charge in [0.2, 0.25) is 0 Å². The first-order valence-electron chi connectivity index (χ1n) is 8.51. The minimum atomic E-state index is -4.70. The molecule has 1 aliphatic heterocycles. The molecule has 2 aromatic carbocycles. The third kappa shape index (κ3) is 4.95. The van der Waals surface area contributed by atoms with Crippen LogP contribution in [0, 0.1) is 0 Å². The van der Waals surface area contributed by atoms with Crippen LogP contribution in [0.25, 0.3) is 5.57 Å². The van der Waals surface area contributed by atoms with E-state index in [1.54, 1.807) is 12.1 Å². The maximum absolute atomic E-state index is 12.3. The van der Waals surface area contributed by atoms with Crippen molar-refractivity contribution in [2.75, 3.05) is 20.3 Å². The number of benzene rings is 2. The predicted molar refractivity (Wildman–Crippen MR) is 95.3 cm³/mol. The van der Waals surface area contributed by atoms with Crippen LogP contribution in [0.5, 0.6) is 11.5 Å². The molecule has 27 heavy (non-hydrogen) atoms. The predicted octanol–water partition coefficient (Wildman–Crippen LogP) is 4.18. The van der Waals surface area contributed by atoms with Crippen molar-refractivity contribution in [3.05, 3.63) is 65.4 Å². The van der Waals surface area contributed by atoms with Gasteiger partial charge in [-0.2, -0.15) is 0 Å². The Bertz CT molecular complexity index is 816. The number of aliphatic hydroxyl groups is 1. The molecule has 0 bridgehead atoms. The minimum Gasteiger partial charge on any atom is -0.493 e. The first-order chi connectivity index (χ1) is 12.9. The first kappa shape index (κ1) is 19.1. The van der Waals surface area contributed by atoms with Crippen LogP contribution in [0.3, 0.4) is 0 Å². The molecule has 0 saturated carbocycles. The zero-order valence-electron chi connectivity index (χ0n) is 14.8. The molecule has 2 aromatic rings. The summed E-state index contributed by atoms with van der Waals surface area (Å²) < 4.78 is 46.5. The molecule has 144 valence electrons. The topological polar surface area (TPSA) is 41.9 Å². The molecule has 3 rings (SSSR count). The van der Waals surface area contributed by atoms with E-state index in [-0.39, 0.29) is 12.4 Å². The average molecular weight is 379 g/mol. The number of hydrogen-bond acceptors (Lipinski definition) is 4. The second-order valence-electron chi connectivity index (χ2n) is 6.27. The van der Waals surface area contributed by atoms with E-state index in [9.17, 15) is 13.2 Å². The lowest BCUT2D eigenvalue weighted by molar-refractivity contribution is -0.274. The van der Waals surface area contributed by atoms with Crippen molar-refractivity contribution in [1.29, 1.82) is 0 Å². The van der Waals surface area contributed by atoms with Crippen LogP contribution in [0.15, 0.2) is 48.7 Å². The van der Waals surface area contributed by atoms with E-state index in [1.807, 2.05) is 36.3 Å². The Balaban J connectivity index is 1.84. The number of alkyl halides is 3. The van der Waals surface area contributed by atoms with Crippen molar-refractivity contribution in [2.45, 2.75) is 19.3 Å². The summed E-state index contributed by atoms with van der Waals surface area (Å²) in [6.45, 7) is 1.22. The first-order valence-corrected chi connectivity index (χ1v) is 8.51. The van der Waals surface area contributed by atoms with Crippen LogP contribution in [-0.4, -0.2) is 36.6 Å². The molecule has 1 aliphatic rings. The molecule has 1 heterocycles. The van der Waals surface area contributed by atoms with E-state index in [0.717, 1.165) is 28.0 Å². The Morgan fingerprint density at radius 1 is 1.07 bits per heavy atom. The van der Waals surface area contributed by atoms with Crippen LogP contribution in [0.2, 0.25) is 0 Å². The van der Waals surface area contributed by atoms with Gasteiger partial charge in [-0.25, -0.2) is 0 Å². The van der Waals surface area contributed by atoms with Crippen LogP contribution in [0.1, 0.15) is 23.1 Å². The fourth-order valence-corrected chi connectivity index (χ4v) is 2.98. The Labute approximate surface area is 155 Å². The van der Waals surface area contributed by atoms with Gasteiger partial charge in [0.25, 0.3) is 0 Å². The van der Waals surface area contributed by atoms with Gasteiger partial charge in [-0.05, 0) is 41.0 Å². The van der Waals surface area contributed by atoms with Crippen LogP contribution in [-0.2, 0) is 6.54 Å². The van der Waals surface area contributed by atoms with E-state index in [1.165, 1.54) is 12.1 Å². The summed E-state index contributed by atoms with van der Waals surface area (Å²) in [5, 5.41) is 8.85. The van der Waals surface area contributed by atoms with E-state index in [0.29, 0.717) is 19.6 Å². The van der Waals surface area contributed by atoms with Gasteiger partial charge in [0.15, 0.2) is 0 Å². The fourth-order valence-electron chi connectivity index (χ4n) is 2.98. The van der Waals surface area contributed by atoms with Crippen molar-refractivity contribution in [3.63, 3.8) is 0 Å². The molecular formula is C20H20F3NO3. The molecule has 0 saturated heterocycles. The maximum atomic E-state index is 12.3. The number of rotatable bonds is 6. The SMILES string of the molecule is CN1C=C(c2ccc(OC(F)(F)F)cc2)c2ccc(OCCCO)cc2C1. The third-order valence-corrected chi connectivity index (χ3v) is 4.11. The van der Waals surface area contributed by atoms with Crippen molar-refractivity contribution in [1.82, 2.24) is 4.90 Å². The molecule has 0 fully saturated rings. The largest absolute Gasteiger partial charge is 0.573 e. The van der Waals surface area contributed by atoms with Gasteiger partial charge in [-0.3, -0.25) is 0 Å². The van der Waals surface area contributed by atoms with Crippen LogP contribution < -0.4 is 9.47 Å². The molecule has 0 amide bonds. The second kappa shape index (κ2) is 7.92. The summed E-state index contributed by atoms with van der Waals surface area (Å²) in [7, 11) is 1.93. The van der Waals surface area contributed by atoms with Gasteiger partial charge in [-0.1, -0.05) is 18.2 Å². The third-order valence-electron chi connectivity index (χ3n) is 4.11. The zero-order valence-corrected chi connectivity index (χ0v) is 14.8. The number of fused-ring (bicyclic) bond motifs is 1. The molecule has 0 atom stereocenters. The molecular weight excluding hydrogens is 359 g/mol. The molecule has 0 radical (unpaired) electrons. The molecule has 1 N–H and O–H groups in total. The molecule has 0 unspecified atom stereocenters. The normalized spacial score (nSPS) is 13.8. The lowest BCUT2D eigenvalue weighted by Gasteiger charge is -2.26. The Kier molecular flexibility index (Phi) is 5.60. The van der Waals surface area contributed by atoms with Crippen molar-refractivity contribution in [3.8, 4) is 11.5 Å². The number of halogens is 3. The van der Waals surface area contributed by atoms with Gasteiger partial charge >= 0.3 is 6.36 Å². The molecule has 0 aromatic heterocycles. The van der Waals surface area contributed by atoms with Crippen molar-refractivity contribution in [2.24, 2.45) is 0 Å². The highest BCUT2D eigenvalue weighted by molar-refractivity contribution is 5.82. The lowest BCUT2D eigenvalue weighted by Crippen LogP contribution is -2.18. The molecule has 4 nitrogen and oxygen atoms in total. The molecule has 0 aliphatic carbocycles. The minimum absolute atomic E-state index is 0.0780. The van der Waals surface area contributed by atoms with Gasteiger partial charge in [0, 0.05) is 38.4 Å². The zero-order chi connectivity index (χ0) is 19.4. The number of hydrogen-bond donors (Lipinski definition) is 1. The van der Waals surface area contributed by atoms with E-state index in [2.05, 4.69) is 4.74 Å². The smallest absolute Gasteiger partial charge is 0.493 e. The quantitative estimate of drug-likeness (QED) is 0.765. The monoisotopic (exact) mass is 379 g/mol. The Morgan fingerprint density at radius 2 is 1.78 bits per heavy atom. The highest BCUT2D eigenvalue weighted by Gasteiger charge is 2.31.